The molecule has 42 heavy (non-hydrogen) atoms. The summed E-state index contributed by atoms with van der Waals surface area (Å²) in [7, 11) is 0. The summed E-state index contributed by atoms with van der Waals surface area (Å²) in [5.41, 5.74) is 2.89. The molecule has 11 heteroatoms. The molecule has 6 rings (SSSR count). The number of halogens is 3. The van der Waals surface area contributed by atoms with Crippen LogP contribution in [-0.4, -0.2) is 26.5 Å². The number of hydrazone groups is 1. The van der Waals surface area contributed by atoms with Gasteiger partial charge >= 0.3 is 0 Å². The fourth-order valence-electron chi connectivity index (χ4n) is 5.19. The Hall–Kier alpha value is -4.31. The third kappa shape index (κ3) is 5.11. The summed E-state index contributed by atoms with van der Waals surface area (Å²) >= 11 is 16.0. The van der Waals surface area contributed by atoms with E-state index in [2.05, 4.69) is 20.9 Å². The maximum Gasteiger partial charge on any atom is 0.276 e. The normalized spacial score (nSPS) is 14.7. The Morgan fingerprint density at radius 2 is 1.76 bits per heavy atom. The molecule has 1 atom stereocenters. The second kappa shape index (κ2) is 11.2. The van der Waals surface area contributed by atoms with Crippen molar-refractivity contribution in [3.63, 3.8) is 0 Å². The van der Waals surface area contributed by atoms with Gasteiger partial charge < -0.3 is 4.98 Å². The molecular formula is C31H19BrCl2N4O4. The van der Waals surface area contributed by atoms with Gasteiger partial charge in [0.05, 0.1) is 32.8 Å². The fraction of sp³-hybridized carbons (Fsp3) is 0.0645. The predicted octanol–water partition coefficient (Wildman–Crippen LogP) is 8.16. The van der Waals surface area contributed by atoms with Crippen LogP contribution in [0.5, 0.6) is 0 Å². The number of hydrogen-bond acceptors (Lipinski definition) is 5. The highest BCUT2D eigenvalue weighted by atomic mass is 79.9. The molecule has 2 heterocycles. The molecule has 1 aliphatic rings. The van der Waals surface area contributed by atoms with Crippen molar-refractivity contribution in [1.82, 2.24) is 9.99 Å². The minimum atomic E-state index is -0.750. The SMILES string of the molecule is O=C(c1ccc(Cl)cc1Cl)N1N=C(c2c(-c3ccccc3)c3cc(Br)ccc3[nH]c2=O)C[C@H]1c1cccc([N+](=O)[O-])c1. The Balaban J connectivity index is 1.58. The Bertz CT molecular complexity index is 2000. The Morgan fingerprint density at radius 1 is 0.976 bits per heavy atom. The van der Waals surface area contributed by atoms with Crippen LogP contribution in [0.4, 0.5) is 5.69 Å². The molecule has 8 nitrogen and oxygen atoms in total. The van der Waals surface area contributed by atoms with E-state index in [1.54, 1.807) is 18.2 Å². The molecule has 0 bridgehead atoms. The molecule has 1 aromatic heterocycles. The van der Waals surface area contributed by atoms with E-state index in [0.29, 0.717) is 32.9 Å². The lowest BCUT2D eigenvalue weighted by molar-refractivity contribution is -0.384. The van der Waals surface area contributed by atoms with Crippen LogP contribution in [0.15, 0.2) is 105 Å². The summed E-state index contributed by atoms with van der Waals surface area (Å²) in [5.74, 6) is -0.538. The summed E-state index contributed by atoms with van der Waals surface area (Å²) in [6.07, 6.45) is 0.126. The topological polar surface area (TPSA) is 109 Å². The Morgan fingerprint density at radius 3 is 2.50 bits per heavy atom. The smallest absolute Gasteiger partial charge is 0.276 e. The maximum absolute atomic E-state index is 13.9. The average Bonchev–Trinajstić information content (AvgIpc) is 3.42. The lowest BCUT2D eigenvalue weighted by atomic mass is 9.91. The number of aromatic nitrogens is 1. The summed E-state index contributed by atoms with van der Waals surface area (Å²) in [4.78, 5) is 41.7. The third-order valence-electron chi connectivity index (χ3n) is 7.07. The number of benzene rings is 4. The zero-order valence-corrected chi connectivity index (χ0v) is 24.7. The molecule has 4 aromatic carbocycles. The predicted molar refractivity (Wildman–Crippen MR) is 167 cm³/mol. The van der Waals surface area contributed by atoms with Crippen molar-refractivity contribution in [3.8, 4) is 11.1 Å². The van der Waals surface area contributed by atoms with Gasteiger partial charge in [-0.25, -0.2) is 5.01 Å². The summed E-state index contributed by atoms with van der Waals surface area (Å²) in [6.45, 7) is 0. The molecule has 5 aromatic rings. The van der Waals surface area contributed by atoms with Crippen molar-refractivity contribution in [2.75, 3.05) is 0 Å². The molecule has 0 fully saturated rings. The number of nitrogens with zero attached hydrogens (tertiary/aromatic N) is 3. The average molecular weight is 662 g/mol. The summed E-state index contributed by atoms with van der Waals surface area (Å²) < 4.78 is 0.821. The first-order chi connectivity index (χ1) is 20.2. The van der Waals surface area contributed by atoms with Gasteiger partial charge in [-0.15, -0.1) is 0 Å². The first-order valence-electron chi connectivity index (χ1n) is 12.7. The van der Waals surface area contributed by atoms with Gasteiger partial charge in [-0.1, -0.05) is 81.6 Å². The van der Waals surface area contributed by atoms with Crippen molar-refractivity contribution < 1.29 is 9.72 Å². The lowest BCUT2D eigenvalue weighted by Gasteiger charge is -2.22. The summed E-state index contributed by atoms with van der Waals surface area (Å²) in [6, 6.07) is 24.8. The monoisotopic (exact) mass is 660 g/mol. The van der Waals surface area contributed by atoms with Gasteiger partial charge in [-0.05, 0) is 47.5 Å². The van der Waals surface area contributed by atoms with Crippen LogP contribution in [0.3, 0.4) is 0 Å². The largest absolute Gasteiger partial charge is 0.321 e. The Labute approximate surface area is 257 Å². The van der Waals surface area contributed by atoms with Crippen molar-refractivity contribution >= 4 is 67.3 Å². The highest BCUT2D eigenvalue weighted by molar-refractivity contribution is 9.10. The van der Waals surface area contributed by atoms with Gasteiger partial charge in [0.1, 0.15) is 0 Å². The molecule has 0 unspecified atom stereocenters. The van der Waals surface area contributed by atoms with E-state index in [4.69, 9.17) is 28.3 Å². The number of H-pyrrole nitrogens is 1. The molecule has 1 amide bonds. The molecule has 0 spiro atoms. The number of pyridine rings is 1. The number of non-ortho nitro benzene ring substituents is 1. The number of carbonyl (C=O) groups excluding carboxylic acids is 1. The third-order valence-corrected chi connectivity index (χ3v) is 8.11. The van der Waals surface area contributed by atoms with Crippen LogP contribution in [0.2, 0.25) is 10.0 Å². The second-order valence-corrected chi connectivity index (χ2v) is 11.4. The Kier molecular flexibility index (Phi) is 7.40. The number of fused-ring (bicyclic) bond motifs is 1. The number of nitrogens with one attached hydrogen (secondary N) is 1. The summed E-state index contributed by atoms with van der Waals surface area (Å²) in [5, 5.41) is 18.8. The van der Waals surface area contributed by atoms with E-state index in [-0.39, 0.29) is 28.3 Å². The quantitative estimate of drug-likeness (QED) is 0.151. The van der Waals surface area contributed by atoms with Crippen molar-refractivity contribution in [2.45, 2.75) is 12.5 Å². The highest BCUT2D eigenvalue weighted by Crippen LogP contribution is 2.39. The molecular weight excluding hydrogens is 643 g/mol. The first kappa shape index (κ1) is 27.8. The van der Waals surface area contributed by atoms with Crippen LogP contribution in [-0.2, 0) is 0 Å². The van der Waals surface area contributed by atoms with E-state index in [1.165, 1.54) is 29.3 Å². The van der Waals surface area contributed by atoms with Gasteiger partial charge in [0, 0.05) is 44.5 Å². The zero-order chi connectivity index (χ0) is 29.5. The van der Waals surface area contributed by atoms with Crippen LogP contribution < -0.4 is 5.56 Å². The maximum atomic E-state index is 13.9. The highest BCUT2D eigenvalue weighted by Gasteiger charge is 2.37. The van der Waals surface area contributed by atoms with Gasteiger partial charge in [-0.3, -0.25) is 19.7 Å². The van der Waals surface area contributed by atoms with Crippen LogP contribution in [0.25, 0.3) is 22.0 Å². The van der Waals surface area contributed by atoms with Crippen LogP contribution >= 0.6 is 39.1 Å². The van der Waals surface area contributed by atoms with E-state index in [0.717, 1.165) is 15.4 Å². The number of rotatable bonds is 5. The standard InChI is InChI=1S/C31H19BrCl2N4O4/c32-19-9-12-25-23(14-19)28(17-5-2-1-3-6-17)29(30(39)35-25)26-16-27(18-7-4-8-21(13-18)38(41)42)37(36-26)31(40)22-11-10-20(33)15-24(22)34/h1-15,27H,16H2,(H,35,39)/t27-/m0/s1. The number of nitro groups is 1. The van der Waals surface area contributed by atoms with Gasteiger partial charge in [0.2, 0.25) is 0 Å². The second-order valence-electron chi connectivity index (χ2n) is 9.65. The molecule has 1 N–H and O–H groups in total. The number of hydrogen-bond donors (Lipinski definition) is 1. The van der Waals surface area contributed by atoms with Gasteiger partial charge in [0.25, 0.3) is 17.2 Å². The van der Waals surface area contributed by atoms with E-state index >= 15 is 0 Å². The van der Waals surface area contributed by atoms with E-state index < -0.39 is 16.9 Å². The molecule has 208 valence electrons. The fourth-order valence-corrected chi connectivity index (χ4v) is 6.04. The number of carbonyl (C=O) groups is 1. The number of nitro benzene ring substituents is 1. The first-order valence-corrected chi connectivity index (χ1v) is 14.3. The van der Waals surface area contributed by atoms with Crippen molar-refractivity contribution in [2.24, 2.45) is 5.10 Å². The molecule has 0 saturated carbocycles. The zero-order valence-electron chi connectivity index (χ0n) is 21.6. The van der Waals surface area contributed by atoms with E-state index in [1.807, 2.05) is 48.5 Å². The lowest BCUT2D eigenvalue weighted by Crippen LogP contribution is -2.27. The molecule has 0 aliphatic carbocycles. The molecule has 1 aliphatic heterocycles. The number of amides is 1. The van der Waals surface area contributed by atoms with Crippen molar-refractivity contribution in [3.05, 3.63) is 143 Å². The molecule has 0 saturated heterocycles. The number of aromatic amines is 1. The minimum absolute atomic E-state index is 0.126. The van der Waals surface area contributed by atoms with E-state index in [9.17, 15) is 19.7 Å². The van der Waals surface area contributed by atoms with Crippen molar-refractivity contribution in [1.29, 1.82) is 0 Å². The van der Waals surface area contributed by atoms with Gasteiger partial charge in [0.15, 0.2) is 0 Å². The van der Waals surface area contributed by atoms with Crippen LogP contribution in [0.1, 0.15) is 33.9 Å². The van der Waals surface area contributed by atoms with Gasteiger partial charge in [-0.2, -0.15) is 5.10 Å². The van der Waals surface area contributed by atoms with Crippen LogP contribution in [0, 0.1) is 10.1 Å². The minimum Gasteiger partial charge on any atom is -0.321 e. The molecule has 0 radical (unpaired) electrons.